The summed E-state index contributed by atoms with van der Waals surface area (Å²) >= 11 is 8.06. The fraction of sp³-hybridized carbons (Fsp3) is 0.154. The number of hydrogen-bond acceptors (Lipinski definition) is 6. The summed E-state index contributed by atoms with van der Waals surface area (Å²) in [5, 5.41) is 10.2. The highest BCUT2D eigenvalue weighted by atomic mass is 35.5. The smallest absolute Gasteiger partial charge is 0.229 e. The van der Waals surface area contributed by atoms with Crippen LogP contribution in [0.3, 0.4) is 0 Å². The van der Waals surface area contributed by atoms with E-state index in [2.05, 4.69) is 21.7 Å². The average molecular weight is 492 g/mol. The van der Waals surface area contributed by atoms with Crippen LogP contribution in [0, 0.1) is 0 Å². The van der Waals surface area contributed by atoms with E-state index in [1.54, 1.807) is 6.26 Å². The van der Waals surface area contributed by atoms with Crippen molar-refractivity contribution >= 4 is 23.4 Å². The van der Waals surface area contributed by atoms with Crippen LogP contribution in [0.25, 0.3) is 11.4 Å². The van der Waals surface area contributed by atoms with Crippen LogP contribution in [0.1, 0.15) is 17.7 Å². The van der Waals surface area contributed by atoms with E-state index in [1.807, 2.05) is 78.9 Å². The molecule has 172 valence electrons. The van der Waals surface area contributed by atoms with Crippen LogP contribution in [0.2, 0.25) is 5.02 Å². The first kappa shape index (κ1) is 22.4. The third kappa shape index (κ3) is 4.62. The van der Waals surface area contributed by atoms with E-state index in [9.17, 15) is 0 Å². The van der Waals surface area contributed by atoms with Crippen molar-refractivity contribution in [3.8, 4) is 22.9 Å². The number of rotatable bonds is 8. The molecule has 0 amide bonds. The van der Waals surface area contributed by atoms with Gasteiger partial charge in [-0.2, -0.15) is 0 Å². The molecule has 8 heteroatoms. The van der Waals surface area contributed by atoms with Crippen molar-refractivity contribution in [3.63, 3.8) is 0 Å². The Balaban J connectivity index is 1.51. The van der Waals surface area contributed by atoms with Gasteiger partial charge < -0.3 is 18.8 Å². The Labute approximate surface area is 207 Å². The minimum atomic E-state index is -0.227. The molecular weight excluding hydrogens is 470 g/mol. The summed E-state index contributed by atoms with van der Waals surface area (Å²) in [6, 6.07) is 25.3. The van der Waals surface area contributed by atoms with Gasteiger partial charge in [-0.3, -0.25) is 0 Å². The van der Waals surface area contributed by atoms with Crippen molar-refractivity contribution in [1.29, 1.82) is 0 Å². The maximum atomic E-state index is 6.54. The van der Waals surface area contributed by atoms with E-state index >= 15 is 0 Å². The predicted molar refractivity (Wildman–Crippen MR) is 133 cm³/mol. The largest absolute Gasteiger partial charge is 0.462 e. The zero-order valence-corrected chi connectivity index (χ0v) is 20.0. The van der Waals surface area contributed by atoms with Gasteiger partial charge in [-0.1, -0.05) is 71.9 Å². The van der Waals surface area contributed by atoms with Gasteiger partial charge in [-0.25, -0.2) is 0 Å². The molecule has 6 nitrogen and oxygen atoms in total. The lowest BCUT2D eigenvalue weighted by Gasteiger charge is -2.18. The van der Waals surface area contributed by atoms with Crippen molar-refractivity contribution < 1.29 is 14.2 Å². The van der Waals surface area contributed by atoms with Crippen LogP contribution in [-0.2, 0) is 16.0 Å². The number of halogens is 1. The summed E-state index contributed by atoms with van der Waals surface area (Å²) in [6.07, 6.45) is 1.64. The van der Waals surface area contributed by atoms with Crippen molar-refractivity contribution in [3.05, 3.63) is 101 Å². The molecule has 5 rings (SSSR count). The van der Waals surface area contributed by atoms with E-state index in [4.69, 9.17) is 25.8 Å². The van der Waals surface area contributed by atoms with Gasteiger partial charge in [0.25, 0.3) is 0 Å². The number of hydrogen-bond donors (Lipinski definition) is 0. The monoisotopic (exact) mass is 491 g/mol. The molecule has 0 saturated heterocycles. The second kappa shape index (κ2) is 10.2. The highest BCUT2D eigenvalue weighted by Crippen LogP contribution is 2.45. The van der Waals surface area contributed by atoms with E-state index in [0.29, 0.717) is 23.1 Å². The summed E-state index contributed by atoms with van der Waals surface area (Å²) in [5.41, 5.74) is 1.78. The second-order valence-electron chi connectivity index (χ2n) is 7.43. The Morgan fingerprint density at radius 3 is 2.53 bits per heavy atom. The number of ether oxygens (including phenoxy) is 3. The Morgan fingerprint density at radius 1 is 1.00 bits per heavy atom. The molecule has 34 heavy (non-hydrogen) atoms. The molecular formula is C26H22ClN3O3S. The molecule has 0 spiro atoms. The molecule has 4 aromatic rings. The van der Waals surface area contributed by atoms with Gasteiger partial charge in [-0.05, 0) is 42.8 Å². The molecule has 0 saturated carbocycles. The first-order valence-electron chi connectivity index (χ1n) is 10.9. The van der Waals surface area contributed by atoms with Gasteiger partial charge in [-0.15, -0.1) is 10.2 Å². The van der Waals surface area contributed by atoms with Crippen LogP contribution in [0.15, 0.2) is 96.0 Å². The summed E-state index contributed by atoms with van der Waals surface area (Å²) in [5.74, 6) is 2.89. The molecule has 0 aliphatic carbocycles. The van der Waals surface area contributed by atoms with Crippen LogP contribution in [0.5, 0.6) is 11.5 Å². The fourth-order valence-electron chi connectivity index (χ4n) is 3.67. The first-order valence-corrected chi connectivity index (χ1v) is 12.1. The summed E-state index contributed by atoms with van der Waals surface area (Å²) in [7, 11) is 0. The van der Waals surface area contributed by atoms with Crippen molar-refractivity contribution in [2.75, 3.05) is 6.79 Å². The lowest BCUT2D eigenvalue weighted by atomic mass is 10.1. The second-order valence-corrected chi connectivity index (χ2v) is 8.91. The standard InChI is InChI=1S/C26H22ClN3O3S/c1-2-30-25(20-13-7-9-15-22(20)33-18-10-4-3-5-11-18)28-29-26(30)34-24(23-16-31-17-32-23)19-12-6-8-14-21(19)27/h3-16,24H,2,17H2,1H3. The number of thioether (sulfide) groups is 1. The first-order chi connectivity index (χ1) is 16.7. The van der Waals surface area contributed by atoms with Gasteiger partial charge in [0.15, 0.2) is 16.7 Å². The third-order valence-corrected chi connectivity index (χ3v) is 6.87. The molecule has 0 bridgehead atoms. The Bertz CT molecular complexity index is 1310. The SMILES string of the molecule is CCn1c(SC(C2=COCO2)c2ccccc2Cl)nnc1-c1ccccc1Oc1ccccc1. The lowest BCUT2D eigenvalue weighted by Crippen LogP contribution is -2.05. The summed E-state index contributed by atoms with van der Waals surface area (Å²) in [4.78, 5) is 0. The molecule has 0 fully saturated rings. The fourth-order valence-corrected chi connectivity index (χ4v) is 5.20. The van der Waals surface area contributed by atoms with Crippen LogP contribution in [-0.4, -0.2) is 21.6 Å². The van der Waals surface area contributed by atoms with E-state index in [-0.39, 0.29) is 12.0 Å². The molecule has 0 N–H and O–H groups in total. The number of para-hydroxylation sites is 2. The van der Waals surface area contributed by atoms with Gasteiger partial charge in [0.2, 0.25) is 6.79 Å². The van der Waals surface area contributed by atoms with Gasteiger partial charge in [0.05, 0.1) is 10.8 Å². The van der Waals surface area contributed by atoms with Crippen LogP contribution in [0.4, 0.5) is 0 Å². The zero-order chi connectivity index (χ0) is 23.3. The topological polar surface area (TPSA) is 58.4 Å². The zero-order valence-electron chi connectivity index (χ0n) is 18.4. The number of nitrogens with zero attached hydrogens (tertiary/aromatic N) is 3. The molecule has 1 aliphatic heterocycles. The molecule has 1 aromatic heterocycles. The minimum Gasteiger partial charge on any atom is -0.462 e. The highest BCUT2D eigenvalue weighted by Gasteiger charge is 2.28. The normalized spacial score (nSPS) is 13.6. The highest BCUT2D eigenvalue weighted by molar-refractivity contribution is 7.99. The Kier molecular flexibility index (Phi) is 6.74. The summed E-state index contributed by atoms with van der Waals surface area (Å²) < 4.78 is 19.3. The number of aromatic nitrogens is 3. The van der Waals surface area contributed by atoms with Crippen LogP contribution < -0.4 is 4.74 Å². The average Bonchev–Trinajstić information content (AvgIpc) is 3.54. The molecule has 2 heterocycles. The Hall–Kier alpha value is -3.42. The molecule has 3 aromatic carbocycles. The molecule has 1 unspecified atom stereocenters. The summed E-state index contributed by atoms with van der Waals surface area (Å²) in [6.45, 7) is 2.93. The van der Waals surface area contributed by atoms with Gasteiger partial charge in [0.1, 0.15) is 17.8 Å². The molecule has 1 atom stereocenters. The maximum Gasteiger partial charge on any atom is 0.229 e. The van der Waals surface area contributed by atoms with E-state index < -0.39 is 0 Å². The maximum absolute atomic E-state index is 6.54. The predicted octanol–water partition coefficient (Wildman–Crippen LogP) is 7.09. The van der Waals surface area contributed by atoms with Gasteiger partial charge >= 0.3 is 0 Å². The van der Waals surface area contributed by atoms with Crippen molar-refractivity contribution in [2.45, 2.75) is 23.9 Å². The van der Waals surface area contributed by atoms with Crippen LogP contribution >= 0.6 is 23.4 Å². The van der Waals surface area contributed by atoms with Crippen molar-refractivity contribution in [2.24, 2.45) is 0 Å². The van der Waals surface area contributed by atoms with E-state index in [0.717, 1.165) is 27.9 Å². The third-order valence-electron chi connectivity index (χ3n) is 5.29. The lowest BCUT2D eigenvalue weighted by molar-refractivity contribution is 0.0787. The molecule has 0 radical (unpaired) electrons. The Morgan fingerprint density at radius 2 is 1.76 bits per heavy atom. The van der Waals surface area contributed by atoms with Gasteiger partial charge in [0, 0.05) is 11.6 Å². The molecule has 1 aliphatic rings. The van der Waals surface area contributed by atoms with Crippen molar-refractivity contribution in [1.82, 2.24) is 14.8 Å². The number of benzene rings is 3. The minimum absolute atomic E-state index is 0.187. The van der Waals surface area contributed by atoms with E-state index in [1.165, 1.54) is 11.8 Å². The quantitative estimate of drug-likeness (QED) is 0.245.